The van der Waals surface area contributed by atoms with Crippen molar-refractivity contribution >= 4 is 5.91 Å². The molecular weight excluding hydrogens is 337 g/mol. The molecule has 0 aliphatic rings. The third-order valence-corrected chi connectivity index (χ3v) is 3.47. The fourth-order valence-electron chi connectivity index (χ4n) is 2.35. The van der Waals surface area contributed by atoms with Crippen LogP contribution in [0.4, 0.5) is 13.2 Å². The van der Waals surface area contributed by atoms with Gasteiger partial charge in [0.2, 0.25) is 5.88 Å². The van der Waals surface area contributed by atoms with E-state index in [1.54, 1.807) is 19.1 Å². The molecule has 1 aromatic heterocycles. The molecule has 1 aromatic carbocycles. The molecule has 5 nitrogen and oxygen atoms in total. The molecule has 1 N–H and O–H groups in total. The predicted molar refractivity (Wildman–Crippen MR) is 83.9 cm³/mol. The number of hydrogen-bond donors (Lipinski definition) is 1. The Morgan fingerprint density at radius 2 is 1.88 bits per heavy atom. The van der Waals surface area contributed by atoms with Crippen molar-refractivity contribution in [3.8, 4) is 5.88 Å². The summed E-state index contributed by atoms with van der Waals surface area (Å²) in [7, 11) is 1.47. The zero-order chi connectivity index (χ0) is 18.4. The molecule has 0 saturated carbocycles. The van der Waals surface area contributed by atoms with Gasteiger partial charge in [-0.1, -0.05) is 12.1 Å². The summed E-state index contributed by atoms with van der Waals surface area (Å²) in [6.45, 7) is -1.31. The lowest BCUT2D eigenvalue weighted by Crippen LogP contribution is -2.37. The molecular formula is C17H17F3N2O3. The summed E-state index contributed by atoms with van der Waals surface area (Å²) in [6, 6.07) is 7.75. The Hall–Kier alpha value is -2.61. The Bertz CT molecular complexity index is 711. The number of rotatable bonds is 7. The lowest BCUT2D eigenvalue weighted by Gasteiger charge is -2.24. The molecule has 2 rings (SSSR count). The van der Waals surface area contributed by atoms with Gasteiger partial charge < -0.3 is 14.8 Å². The average Bonchev–Trinajstić information content (AvgIpc) is 2.57. The Balaban J connectivity index is 2.09. The van der Waals surface area contributed by atoms with Crippen LogP contribution in [-0.4, -0.2) is 30.7 Å². The van der Waals surface area contributed by atoms with Gasteiger partial charge in [0.05, 0.1) is 6.04 Å². The van der Waals surface area contributed by atoms with Gasteiger partial charge in [0, 0.05) is 24.9 Å². The normalized spacial score (nSPS) is 13.4. The largest absolute Gasteiger partial charge is 0.417 e. The van der Waals surface area contributed by atoms with E-state index in [-0.39, 0.29) is 17.3 Å². The molecule has 0 spiro atoms. The van der Waals surface area contributed by atoms with Crippen LogP contribution >= 0.6 is 0 Å². The quantitative estimate of drug-likeness (QED) is 0.829. The summed E-state index contributed by atoms with van der Waals surface area (Å²) >= 11 is 0. The molecule has 8 heteroatoms. The second-order valence-electron chi connectivity index (χ2n) is 5.23. The fraction of sp³-hybridized carbons (Fsp3) is 0.294. The zero-order valence-corrected chi connectivity index (χ0v) is 13.6. The molecule has 0 fully saturated rings. The fourth-order valence-corrected chi connectivity index (χ4v) is 2.35. The van der Waals surface area contributed by atoms with E-state index in [9.17, 15) is 18.0 Å². The molecule has 1 heterocycles. The standard InChI is InChI=1S/C17H17F3N2O3/c1-10(15(24-2)11-3-5-13(18)6-4-11)22-16(23)12-7-8-21-14(9-12)25-17(19)20/h3-10,15,17H,1-2H3,(H,22,23). The maximum atomic E-state index is 13.0. The molecule has 2 unspecified atom stereocenters. The van der Waals surface area contributed by atoms with Gasteiger partial charge >= 0.3 is 6.61 Å². The number of methoxy groups -OCH3 is 1. The molecule has 2 aromatic rings. The summed E-state index contributed by atoms with van der Waals surface area (Å²) in [6.07, 6.45) is 0.689. The molecule has 0 radical (unpaired) electrons. The molecule has 25 heavy (non-hydrogen) atoms. The Labute approximate surface area is 142 Å². The lowest BCUT2D eigenvalue weighted by atomic mass is 10.0. The Kier molecular flexibility index (Phi) is 6.35. The van der Waals surface area contributed by atoms with Crippen molar-refractivity contribution in [3.05, 3.63) is 59.5 Å². The summed E-state index contributed by atoms with van der Waals surface area (Å²) in [5.41, 5.74) is 0.805. The van der Waals surface area contributed by atoms with Crippen molar-refractivity contribution < 1.29 is 27.4 Å². The highest BCUT2D eigenvalue weighted by Crippen LogP contribution is 2.21. The number of amides is 1. The van der Waals surface area contributed by atoms with E-state index in [1.165, 1.54) is 31.5 Å². The summed E-state index contributed by atoms with van der Waals surface area (Å²) < 4.78 is 47.0. The third-order valence-electron chi connectivity index (χ3n) is 3.47. The number of ether oxygens (including phenoxy) is 2. The van der Waals surface area contributed by atoms with Gasteiger partial charge in [0.25, 0.3) is 5.91 Å². The van der Waals surface area contributed by atoms with Gasteiger partial charge in [-0.3, -0.25) is 4.79 Å². The van der Waals surface area contributed by atoms with Gasteiger partial charge in [-0.05, 0) is 30.7 Å². The first-order chi connectivity index (χ1) is 11.9. The van der Waals surface area contributed by atoms with Crippen molar-refractivity contribution in [2.45, 2.75) is 25.7 Å². The maximum absolute atomic E-state index is 13.0. The number of hydrogen-bond acceptors (Lipinski definition) is 4. The van der Waals surface area contributed by atoms with Crippen LogP contribution in [0.25, 0.3) is 0 Å². The monoisotopic (exact) mass is 354 g/mol. The van der Waals surface area contributed by atoms with E-state index < -0.39 is 24.7 Å². The highest BCUT2D eigenvalue weighted by molar-refractivity contribution is 5.94. The van der Waals surface area contributed by atoms with Crippen LogP contribution in [0, 0.1) is 5.82 Å². The van der Waals surface area contributed by atoms with E-state index in [2.05, 4.69) is 15.0 Å². The van der Waals surface area contributed by atoms with Crippen LogP contribution in [-0.2, 0) is 4.74 Å². The topological polar surface area (TPSA) is 60.5 Å². The van der Waals surface area contributed by atoms with E-state index in [1.807, 2.05) is 0 Å². The highest BCUT2D eigenvalue weighted by Gasteiger charge is 2.22. The first-order valence-electron chi connectivity index (χ1n) is 7.40. The minimum atomic E-state index is -3.03. The van der Waals surface area contributed by atoms with Gasteiger partial charge in [-0.15, -0.1) is 0 Å². The van der Waals surface area contributed by atoms with Gasteiger partial charge in [-0.2, -0.15) is 8.78 Å². The minimum Gasteiger partial charge on any atom is -0.417 e. The van der Waals surface area contributed by atoms with Crippen LogP contribution < -0.4 is 10.1 Å². The highest BCUT2D eigenvalue weighted by atomic mass is 19.3. The zero-order valence-electron chi connectivity index (χ0n) is 13.6. The minimum absolute atomic E-state index is 0.117. The number of alkyl halides is 2. The number of nitrogens with one attached hydrogen (secondary N) is 1. The van der Waals surface area contributed by atoms with Gasteiger partial charge in [0.15, 0.2) is 0 Å². The summed E-state index contributed by atoms with van der Waals surface area (Å²) in [5, 5.41) is 2.71. The number of pyridine rings is 1. The van der Waals surface area contributed by atoms with E-state index in [4.69, 9.17) is 4.74 Å². The predicted octanol–water partition coefficient (Wildman–Crippen LogP) is 3.33. The Morgan fingerprint density at radius 1 is 1.20 bits per heavy atom. The van der Waals surface area contributed by atoms with Crippen LogP contribution in [0.2, 0.25) is 0 Å². The number of carbonyl (C=O) groups is 1. The summed E-state index contributed by atoms with van der Waals surface area (Å²) in [5.74, 6) is -1.23. The van der Waals surface area contributed by atoms with E-state index in [0.717, 1.165) is 6.07 Å². The first kappa shape index (κ1) is 18.7. The van der Waals surface area contributed by atoms with Gasteiger partial charge in [0.1, 0.15) is 11.9 Å². The van der Waals surface area contributed by atoms with E-state index >= 15 is 0 Å². The second-order valence-corrected chi connectivity index (χ2v) is 5.23. The van der Waals surface area contributed by atoms with Crippen LogP contribution in [0.1, 0.15) is 28.9 Å². The SMILES string of the molecule is COC(c1ccc(F)cc1)C(C)NC(=O)c1ccnc(OC(F)F)c1. The Morgan fingerprint density at radius 3 is 2.48 bits per heavy atom. The average molecular weight is 354 g/mol. The van der Waals surface area contributed by atoms with Crippen LogP contribution in [0.3, 0.4) is 0 Å². The molecule has 0 aliphatic carbocycles. The summed E-state index contributed by atoms with van der Waals surface area (Å²) in [4.78, 5) is 15.9. The number of carbonyl (C=O) groups excluding carboxylic acids is 1. The van der Waals surface area contributed by atoms with E-state index in [0.29, 0.717) is 5.56 Å². The molecule has 2 atom stereocenters. The number of halogens is 3. The molecule has 0 aliphatic heterocycles. The molecule has 1 amide bonds. The first-order valence-corrected chi connectivity index (χ1v) is 7.40. The van der Waals surface area contributed by atoms with Crippen LogP contribution in [0.15, 0.2) is 42.6 Å². The third kappa shape index (κ3) is 5.18. The van der Waals surface area contributed by atoms with Crippen molar-refractivity contribution in [2.24, 2.45) is 0 Å². The van der Waals surface area contributed by atoms with Gasteiger partial charge in [-0.25, -0.2) is 9.37 Å². The maximum Gasteiger partial charge on any atom is 0.388 e. The number of aromatic nitrogens is 1. The molecule has 134 valence electrons. The number of benzene rings is 1. The number of nitrogens with zero attached hydrogens (tertiary/aromatic N) is 1. The smallest absolute Gasteiger partial charge is 0.388 e. The lowest BCUT2D eigenvalue weighted by molar-refractivity contribution is -0.0529. The molecule has 0 saturated heterocycles. The molecule has 0 bridgehead atoms. The van der Waals surface area contributed by atoms with Crippen molar-refractivity contribution in [3.63, 3.8) is 0 Å². The van der Waals surface area contributed by atoms with Crippen molar-refractivity contribution in [1.29, 1.82) is 0 Å². The van der Waals surface area contributed by atoms with Crippen molar-refractivity contribution in [2.75, 3.05) is 7.11 Å². The second kappa shape index (κ2) is 8.48. The van der Waals surface area contributed by atoms with Crippen LogP contribution in [0.5, 0.6) is 5.88 Å². The van der Waals surface area contributed by atoms with Crippen molar-refractivity contribution in [1.82, 2.24) is 10.3 Å².